The van der Waals surface area contributed by atoms with Gasteiger partial charge in [-0.1, -0.05) is 43.7 Å². The van der Waals surface area contributed by atoms with Gasteiger partial charge in [0.25, 0.3) is 5.91 Å². The predicted octanol–water partition coefficient (Wildman–Crippen LogP) is 2.31. The molecule has 2 bridgehead atoms. The molecule has 6 nitrogen and oxygen atoms in total. The topological polar surface area (TPSA) is 78.5 Å². The highest BCUT2D eigenvalue weighted by Gasteiger charge is 2.53. The van der Waals surface area contributed by atoms with Gasteiger partial charge in [-0.15, -0.1) is 0 Å². The molecule has 6 heteroatoms. The van der Waals surface area contributed by atoms with Crippen molar-refractivity contribution in [2.75, 3.05) is 0 Å². The Labute approximate surface area is 146 Å². The number of fused-ring (bicyclic) bond motifs is 2. The molecule has 1 saturated heterocycles. The zero-order valence-electron chi connectivity index (χ0n) is 14.3. The van der Waals surface area contributed by atoms with E-state index < -0.39 is 17.5 Å². The maximum Gasteiger partial charge on any atom is 0.344 e. The van der Waals surface area contributed by atoms with Crippen molar-refractivity contribution in [3.63, 3.8) is 0 Å². The number of carbonyl (C=O) groups is 3. The second kappa shape index (κ2) is 5.86. The second-order valence-corrected chi connectivity index (χ2v) is 7.45. The molecule has 4 amide bonds. The third-order valence-electron chi connectivity index (χ3n) is 6.19. The SMILES string of the molecule is CC[C@]1(c2ccccc2)NC(=O)N(NC(=O)[C@H]2C[C@H]3CC[C@H]2C3)C1=O. The van der Waals surface area contributed by atoms with Crippen LogP contribution in [0.2, 0.25) is 0 Å². The van der Waals surface area contributed by atoms with Crippen molar-refractivity contribution in [2.45, 2.75) is 44.6 Å². The van der Waals surface area contributed by atoms with E-state index in [4.69, 9.17) is 0 Å². The summed E-state index contributed by atoms with van der Waals surface area (Å²) in [6, 6.07) is 8.62. The standard InChI is InChI=1S/C19H23N3O3/c1-2-19(14-6-4-3-5-7-14)17(24)22(18(25)20-19)21-16(23)15-11-12-8-9-13(15)10-12/h3-7,12-13,15H,2,8-11H2,1H3,(H,20,25)(H,21,23)/t12-,13-,15-,19+/m0/s1. The number of carbonyl (C=O) groups excluding carboxylic acids is 3. The minimum Gasteiger partial charge on any atom is -0.318 e. The van der Waals surface area contributed by atoms with Gasteiger partial charge in [0.05, 0.1) is 0 Å². The Kier molecular flexibility index (Phi) is 3.78. The number of nitrogens with one attached hydrogen (secondary N) is 2. The molecule has 2 saturated carbocycles. The molecule has 0 aromatic heterocycles. The fourth-order valence-electron chi connectivity index (χ4n) is 4.80. The van der Waals surface area contributed by atoms with Crippen molar-refractivity contribution in [1.29, 1.82) is 0 Å². The Hall–Kier alpha value is -2.37. The van der Waals surface area contributed by atoms with Crippen molar-refractivity contribution in [2.24, 2.45) is 17.8 Å². The zero-order valence-corrected chi connectivity index (χ0v) is 14.3. The van der Waals surface area contributed by atoms with E-state index >= 15 is 0 Å². The smallest absolute Gasteiger partial charge is 0.318 e. The molecule has 132 valence electrons. The van der Waals surface area contributed by atoms with Crippen molar-refractivity contribution in [3.8, 4) is 0 Å². The minimum absolute atomic E-state index is 0.0762. The van der Waals surface area contributed by atoms with E-state index in [-0.39, 0.29) is 11.8 Å². The molecular formula is C19H23N3O3. The first-order valence-electron chi connectivity index (χ1n) is 9.08. The van der Waals surface area contributed by atoms with Gasteiger partial charge in [0, 0.05) is 5.92 Å². The number of urea groups is 1. The number of benzene rings is 1. The molecule has 0 spiro atoms. The van der Waals surface area contributed by atoms with E-state index in [9.17, 15) is 14.4 Å². The number of imide groups is 1. The van der Waals surface area contributed by atoms with E-state index in [0.717, 1.165) is 29.8 Å². The van der Waals surface area contributed by atoms with Gasteiger partial charge >= 0.3 is 6.03 Å². The van der Waals surface area contributed by atoms with Crippen LogP contribution in [0.4, 0.5) is 4.79 Å². The molecule has 25 heavy (non-hydrogen) atoms. The fourth-order valence-corrected chi connectivity index (χ4v) is 4.80. The van der Waals surface area contributed by atoms with Crippen LogP contribution in [0.25, 0.3) is 0 Å². The molecule has 0 radical (unpaired) electrons. The fraction of sp³-hybridized carbons (Fsp3) is 0.526. The van der Waals surface area contributed by atoms with E-state index in [1.165, 1.54) is 6.42 Å². The van der Waals surface area contributed by atoms with E-state index in [1.54, 1.807) is 0 Å². The van der Waals surface area contributed by atoms with E-state index in [2.05, 4.69) is 10.7 Å². The van der Waals surface area contributed by atoms with Crippen LogP contribution in [0, 0.1) is 17.8 Å². The summed E-state index contributed by atoms with van der Waals surface area (Å²) >= 11 is 0. The second-order valence-electron chi connectivity index (χ2n) is 7.45. The molecule has 2 aliphatic carbocycles. The highest BCUT2D eigenvalue weighted by atomic mass is 16.2. The monoisotopic (exact) mass is 341 g/mol. The molecular weight excluding hydrogens is 318 g/mol. The Morgan fingerprint density at radius 1 is 1.24 bits per heavy atom. The summed E-state index contributed by atoms with van der Waals surface area (Å²) in [5.74, 6) is 0.338. The number of rotatable bonds is 4. The summed E-state index contributed by atoms with van der Waals surface area (Å²) in [5, 5.41) is 3.67. The lowest BCUT2D eigenvalue weighted by atomic mass is 9.87. The minimum atomic E-state index is -1.11. The van der Waals surface area contributed by atoms with Gasteiger partial charge in [0.2, 0.25) is 5.91 Å². The van der Waals surface area contributed by atoms with Crippen molar-refractivity contribution < 1.29 is 14.4 Å². The lowest BCUT2D eigenvalue weighted by Crippen LogP contribution is -2.50. The first kappa shape index (κ1) is 16.1. The quantitative estimate of drug-likeness (QED) is 0.825. The third kappa shape index (κ3) is 2.42. The summed E-state index contributed by atoms with van der Waals surface area (Å²) in [7, 11) is 0. The van der Waals surface area contributed by atoms with E-state index in [1.807, 2.05) is 37.3 Å². The van der Waals surface area contributed by atoms with Crippen LogP contribution in [0.1, 0.15) is 44.6 Å². The van der Waals surface area contributed by atoms with Gasteiger partial charge in [-0.2, -0.15) is 5.01 Å². The van der Waals surface area contributed by atoms with Crippen molar-refractivity contribution >= 4 is 17.8 Å². The highest BCUT2D eigenvalue weighted by Crippen LogP contribution is 2.48. The van der Waals surface area contributed by atoms with Crippen LogP contribution >= 0.6 is 0 Å². The van der Waals surface area contributed by atoms with Gasteiger partial charge < -0.3 is 5.32 Å². The molecule has 1 aliphatic heterocycles. The lowest BCUT2D eigenvalue weighted by Gasteiger charge is -2.26. The molecule has 3 aliphatic rings. The maximum absolute atomic E-state index is 13.0. The van der Waals surface area contributed by atoms with E-state index in [0.29, 0.717) is 18.3 Å². The highest BCUT2D eigenvalue weighted by molar-refractivity contribution is 6.08. The van der Waals surface area contributed by atoms with Gasteiger partial charge in [0.1, 0.15) is 5.54 Å². The van der Waals surface area contributed by atoms with Gasteiger partial charge in [-0.25, -0.2) is 4.79 Å². The number of amides is 4. The first-order valence-corrected chi connectivity index (χ1v) is 9.08. The molecule has 0 unspecified atom stereocenters. The molecule has 4 rings (SSSR count). The Bertz CT molecular complexity index is 720. The average molecular weight is 341 g/mol. The zero-order chi connectivity index (χ0) is 17.6. The maximum atomic E-state index is 13.0. The summed E-state index contributed by atoms with van der Waals surface area (Å²) in [6.45, 7) is 1.85. The van der Waals surface area contributed by atoms with Crippen molar-refractivity contribution in [3.05, 3.63) is 35.9 Å². The van der Waals surface area contributed by atoms with Crippen LogP contribution in [0.5, 0.6) is 0 Å². The van der Waals surface area contributed by atoms with Gasteiger partial charge in [-0.05, 0) is 43.1 Å². The summed E-state index contributed by atoms with van der Waals surface area (Å²) in [6.07, 6.45) is 4.66. The number of hydrogen-bond donors (Lipinski definition) is 2. The van der Waals surface area contributed by atoms with Crippen molar-refractivity contribution in [1.82, 2.24) is 15.8 Å². The van der Waals surface area contributed by atoms with Gasteiger partial charge in [-0.3, -0.25) is 15.0 Å². The molecule has 1 aromatic carbocycles. The Balaban J connectivity index is 1.54. The molecule has 3 fully saturated rings. The van der Waals surface area contributed by atoms with Crippen LogP contribution in [0.15, 0.2) is 30.3 Å². The first-order chi connectivity index (χ1) is 12.0. The Morgan fingerprint density at radius 2 is 2.00 bits per heavy atom. The molecule has 2 N–H and O–H groups in total. The number of hydrazine groups is 1. The predicted molar refractivity (Wildman–Crippen MR) is 90.9 cm³/mol. The number of hydrogen-bond acceptors (Lipinski definition) is 3. The van der Waals surface area contributed by atoms with Crippen LogP contribution in [-0.2, 0) is 15.1 Å². The van der Waals surface area contributed by atoms with Crippen LogP contribution in [0.3, 0.4) is 0 Å². The van der Waals surface area contributed by atoms with Gasteiger partial charge in [0.15, 0.2) is 0 Å². The summed E-state index contributed by atoms with van der Waals surface area (Å²) < 4.78 is 0. The molecule has 1 aromatic rings. The molecule has 4 atom stereocenters. The Morgan fingerprint density at radius 3 is 2.60 bits per heavy atom. The largest absolute Gasteiger partial charge is 0.344 e. The lowest BCUT2D eigenvalue weighted by molar-refractivity contribution is -0.141. The third-order valence-corrected chi connectivity index (χ3v) is 6.19. The van der Waals surface area contributed by atoms with Crippen LogP contribution < -0.4 is 10.7 Å². The summed E-state index contributed by atoms with van der Waals surface area (Å²) in [5.41, 5.74) is 2.22. The average Bonchev–Trinajstić information content (AvgIpc) is 3.32. The normalized spacial score (nSPS) is 33.6. The van der Waals surface area contributed by atoms with Crippen LogP contribution in [-0.4, -0.2) is 22.9 Å². The number of nitrogens with zero attached hydrogens (tertiary/aromatic N) is 1. The summed E-state index contributed by atoms with van der Waals surface area (Å²) in [4.78, 5) is 38.1. The molecule has 1 heterocycles.